The van der Waals surface area contributed by atoms with E-state index >= 15 is 0 Å². The van der Waals surface area contributed by atoms with Crippen molar-refractivity contribution in [2.45, 2.75) is 12.6 Å². The summed E-state index contributed by atoms with van der Waals surface area (Å²) < 4.78 is 38.7. The number of aliphatic hydroxyl groups excluding tert-OH is 1. The Morgan fingerprint density at radius 1 is 1.33 bits per heavy atom. The fraction of sp³-hybridized carbons (Fsp3) is 0.500. The van der Waals surface area contributed by atoms with Crippen molar-refractivity contribution in [3.8, 4) is 0 Å². The Balaban J connectivity index is 2.76. The van der Waals surface area contributed by atoms with E-state index in [2.05, 4.69) is 5.32 Å². The molecule has 0 aliphatic rings. The Morgan fingerprint density at radius 3 is 2.48 bits per heavy atom. The number of alkyl halides is 3. The predicted molar refractivity (Wildman–Crippen MR) is 72.8 cm³/mol. The number of urea groups is 1. The molecule has 0 bridgehead atoms. The van der Waals surface area contributed by atoms with Crippen LogP contribution in [0.1, 0.15) is 11.1 Å². The second-order valence-electron chi connectivity index (χ2n) is 4.99. The van der Waals surface area contributed by atoms with Crippen LogP contribution in [0.3, 0.4) is 0 Å². The van der Waals surface area contributed by atoms with Crippen molar-refractivity contribution >= 4 is 6.03 Å². The first-order valence-corrected chi connectivity index (χ1v) is 6.46. The van der Waals surface area contributed by atoms with Gasteiger partial charge in [0.2, 0.25) is 0 Å². The maximum atomic E-state index is 12.9. The fourth-order valence-corrected chi connectivity index (χ4v) is 1.88. The molecule has 0 aliphatic carbocycles. The first kappa shape index (κ1) is 17.3. The van der Waals surface area contributed by atoms with E-state index in [-0.39, 0.29) is 31.2 Å². The second-order valence-corrected chi connectivity index (χ2v) is 4.99. The number of hydrogen-bond acceptors (Lipinski definition) is 2. The number of rotatable bonds is 5. The number of benzene rings is 1. The first-order valence-electron chi connectivity index (χ1n) is 6.46. The number of nitrogens with one attached hydrogen (secondary N) is 1. The molecule has 0 fully saturated rings. The third-order valence-electron chi connectivity index (χ3n) is 3.04. The smallest absolute Gasteiger partial charge is 0.396 e. The van der Waals surface area contributed by atoms with E-state index in [1.54, 1.807) is 14.1 Å². The number of carbonyl (C=O) groups is 1. The molecule has 4 nitrogen and oxygen atoms in total. The van der Waals surface area contributed by atoms with Crippen molar-refractivity contribution in [2.75, 3.05) is 27.2 Å². The minimum absolute atomic E-state index is 0.0416. The zero-order valence-corrected chi connectivity index (χ0v) is 11.9. The van der Waals surface area contributed by atoms with Gasteiger partial charge < -0.3 is 15.3 Å². The Hall–Kier alpha value is -1.76. The zero-order valence-electron chi connectivity index (χ0n) is 11.9. The lowest BCUT2D eigenvalue weighted by Gasteiger charge is -2.19. The highest BCUT2D eigenvalue weighted by Crippen LogP contribution is 2.32. The van der Waals surface area contributed by atoms with E-state index < -0.39 is 17.7 Å². The van der Waals surface area contributed by atoms with Crippen molar-refractivity contribution in [3.63, 3.8) is 0 Å². The van der Waals surface area contributed by atoms with Gasteiger partial charge in [-0.2, -0.15) is 13.2 Å². The Labute approximate surface area is 121 Å². The van der Waals surface area contributed by atoms with Gasteiger partial charge in [-0.05, 0) is 18.1 Å². The standard InChI is InChI=1S/C14H19F3N2O2/c1-19(2)13(21)18-8-10(9-20)7-11-5-3-4-6-12(11)14(15,16)17/h3-6,10,20H,7-9H2,1-2H3,(H,18,21)/t10-/m1/s1. The van der Waals surface area contributed by atoms with Crippen LogP contribution in [0.4, 0.5) is 18.0 Å². The summed E-state index contributed by atoms with van der Waals surface area (Å²) in [5.41, 5.74) is -0.592. The van der Waals surface area contributed by atoms with Gasteiger partial charge in [-0.1, -0.05) is 18.2 Å². The summed E-state index contributed by atoms with van der Waals surface area (Å²) in [4.78, 5) is 12.7. The van der Waals surface area contributed by atoms with E-state index in [0.29, 0.717) is 0 Å². The molecule has 0 spiro atoms. The quantitative estimate of drug-likeness (QED) is 0.875. The van der Waals surface area contributed by atoms with Gasteiger partial charge in [0.1, 0.15) is 0 Å². The number of amides is 2. The zero-order chi connectivity index (χ0) is 16.0. The topological polar surface area (TPSA) is 52.6 Å². The number of halogens is 3. The molecule has 0 saturated heterocycles. The SMILES string of the molecule is CN(C)C(=O)NC[C@H](CO)Cc1ccccc1C(F)(F)F. The van der Waals surface area contributed by atoms with E-state index in [9.17, 15) is 23.1 Å². The van der Waals surface area contributed by atoms with E-state index in [0.717, 1.165) is 6.07 Å². The van der Waals surface area contributed by atoms with Gasteiger partial charge in [0.25, 0.3) is 0 Å². The van der Waals surface area contributed by atoms with E-state index in [1.165, 1.54) is 23.1 Å². The van der Waals surface area contributed by atoms with Crippen molar-refractivity contribution in [1.82, 2.24) is 10.2 Å². The molecule has 0 aromatic heterocycles. The third kappa shape index (κ3) is 5.26. The van der Waals surface area contributed by atoms with Crippen molar-refractivity contribution in [2.24, 2.45) is 5.92 Å². The molecule has 118 valence electrons. The van der Waals surface area contributed by atoms with Crippen LogP contribution in [0, 0.1) is 5.92 Å². The largest absolute Gasteiger partial charge is 0.416 e. The van der Waals surface area contributed by atoms with Gasteiger partial charge in [-0.3, -0.25) is 0 Å². The molecule has 0 heterocycles. The van der Waals surface area contributed by atoms with Crippen LogP contribution in [0.15, 0.2) is 24.3 Å². The molecule has 0 saturated carbocycles. The van der Waals surface area contributed by atoms with Crippen LogP contribution in [-0.4, -0.2) is 43.3 Å². The molecular formula is C14H19F3N2O2. The molecule has 1 atom stereocenters. The molecule has 21 heavy (non-hydrogen) atoms. The van der Waals surface area contributed by atoms with Crippen LogP contribution >= 0.6 is 0 Å². The number of carbonyl (C=O) groups excluding carboxylic acids is 1. The summed E-state index contributed by atoms with van der Waals surface area (Å²) in [5, 5.41) is 11.8. The summed E-state index contributed by atoms with van der Waals surface area (Å²) in [5.74, 6) is -0.475. The lowest BCUT2D eigenvalue weighted by atomic mass is 9.95. The Morgan fingerprint density at radius 2 is 1.95 bits per heavy atom. The van der Waals surface area contributed by atoms with Crippen molar-refractivity contribution in [3.05, 3.63) is 35.4 Å². The lowest BCUT2D eigenvalue weighted by molar-refractivity contribution is -0.138. The molecule has 2 amide bonds. The molecule has 1 aromatic carbocycles. The average Bonchev–Trinajstić information content (AvgIpc) is 2.42. The molecular weight excluding hydrogens is 285 g/mol. The molecule has 0 radical (unpaired) electrons. The number of nitrogens with zero attached hydrogens (tertiary/aromatic N) is 1. The Kier molecular flexibility index (Phi) is 6.02. The van der Waals surface area contributed by atoms with Gasteiger partial charge in [0, 0.05) is 33.2 Å². The third-order valence-corrected chi connectivity index (χ3v) is 3.04. The van der Waals surface area contributed by atoms with Gasteiger partial charge in [0.15, 0.2) is 0 Å². The monoisotopic (exact) mass is 304 g/mol. The van der Waals surface area contributed by atoms with Crippen LogP contribution in [0.5, 0.6) is 0 Å². The summed E-state index contributed by atoms with van der Waals surface area (Å²) >= 11 is 0. The van der Waals surface area contributed by atoms with Crippen LogP contribution in [0.2, 0.25) is 0 Å². The number of aliphatic hydroxyl groups is 1. The normalized spacial score (nSPS) is 12.9. The van der Waals surface area contributed by atoms with Gasteiger partial charge in [-0.15, -0.1) is 0 Å². The molecule has 0 aliphatic heterocycles. The lowest BCUT2D eigenvalue weighted by Crippen LogP contribution is -2.38. The summed E-state index contributed by atoms with van der Waals surface area (Å²) in [6.45, 7) is -0.195. The molecule has 7 heteroatoms. The van der Waals surface area contributed by atoms with E-state index in [4.69, 9.17) is 0 Å². The van der Waals surface area contributed by atoms with Crippen molar-refractivity contribution in [1.29, 1.82) is 0 Å². The summed E-state index contributed by atoms with van der Waals surface area (Å²) in [6.07, 6.45) is -4.39. The van der Waals surface area contributed by atoms with Gasteiger partial charge >= 0.3 is 12.2 Å². The summed E-state index contributed by atoms with van der Waals surface area (Å²) in [7, 11) is 3.12. The maximum Gasteiger partial charge on any atom is 0.416 e. The van der Waals surface area contributed by atoms with Crippen LogP contribution in [-0.2, 0) is 12.6 Å². The van der Waals surface area contributed by atoms with Crippen LogP contribution in [0.25, 0.3) is 0 Å². The number of hydrogen-bond donors (Lipinski definition) is 2. The minimum Gasteiger partial charge on any atom is -0.396 e. The highest BCUT2D eigenvalue weighted by Gasteiger charge is 2.33. The molecule has 1 aromatic rings. The fourth-order valence-electron chi connectivity index (χ4n) is 1.88. The van der Waals surface area contributed by atoms with Gasteiger partial charge in [-0.25, -0.2) is 4.79 Å². The predicted octanol–water partition coefficient (Wildman–Crippen LogP) is 2.13. The maximum absolute atomic E-state index is 12.9. The minimum atomic E-state index is -4.43. The molecule has 2 N–H and O–H groups in total. The summed E-state index contributed by atoms with van der Waals surface area (Å²) in [6, 6.07) is 4.91. The van der Waals surface area contributed by atoms with Crippen LogP contribution < -0.4 is 5.32 Å². The Bertz CT molecular complexity index is 476. The molecule has 0 unspecified atom stereocenters. The average molecular weight is 304 g/mol. The van der Waals surface area contributed by atoms with Gasteiger partial charge in [0.05, 0.1) is 5.56 Å². The first-order chi connectivity index (χ1) is 9.75. The second kappa shape index (κ2) is 7.31. The molecule has 1 rings (SSSR count). The highest BCUT2D eigenvalue weighted by atomic mass is 19.4. The van der Waals surface area contributed by atoms with Crippen molar-refractivity contribution < 1.29 is 23.1 Å². The highest BCUT2D eigenvalue weighted by molar-refractivity contribution is 5.73. The van der Waals surface area contributed by atoms with E-state index in [1.807, 2.05) is 0 Å².